The van der Waals surface area contributed by atoms with Gasteiger partial charge in [-0.05, 0) is 37.1 Å². The Balaban J connectivity index is 1.38. The highest BCUT2D eigenvalue weighted by Crippen LogP contribution is 2.52. The van der Waals surface area contributed by atoms with Crippen LogP contribution in [0.4, 0.5) is 9.18 Å². The van der Waals surface area contributed by atoms with Gasteiger partial charge in [0.1, 0.15) is 17.0 Å². The van der Waals surface area contributed by atoms with Gasteiger partial charge in [-0.3, -0.25) is 14.7 Å². The summed E-state index contributed by atoms with van der Waals surface area (Å²) in [6, 6.07) is 22.0. The molecule has 5 rings (SSSR count). The number of likely N-dealkylation sites (tertiary alicyclic amines) is 1. The summed E-state index contributed by atoms with van der Waals surface area (Å²) >= 11 is 0. The van der Waals surface area contributed by atoms with Gasteiger partial charge in [-0.1, -0.05) is 54.6 Å². The molecule has 1 atom stereocenters. The minimum atomic E-state index is -0.825. The molecule has 1 aromatic heterocycles. The Hall–Kier alpha value is -3.74. The van der Waals surface area contributed by atoms with E-state index in [2.05, 4.69) is 4.98 Å². The fourth-order valence-corrected chi connectivity index (χ4v) is 5.60. The number of benzene rings is 2. The van der Waals surface area contributed by atoms with Crippen LogP contribution in [0.15, 0.2) is 79.0 Å². The molecule has 2 fully saturated rings. The highest BCUT2D eigenvalue weighted by Gasteiger charge is 2.63. The zero-order chi connectivity index (χ0) is 25.2. The van der Waals surface area contributed by atoms with E-state index in [9.17, 15) is 14.0 Å². The van der Waals surface area contributed by atoms with E-state index >= 15 is 0 Å². The molecule has 0 radical (unpaired) electrons. The molecule has 2 aliphatic rings. The smallest absolute Gasteiger partial charge is 0.411 e. The molecule has 3 heterocycles. The lowest BCUT2D eigenvalue weighted by atomic mass is 9.70. The van der Waals surface area contributed by atoms with Crippen molar-refractivity contribution in [3.8, 4) is 0 Å². The van der Waals surface area contributed by atoms with Crippen LogP contribution in [0.25, 0.3) is 0 Å². The van der Waals surface area contributed by atoms with E-state index in [4.69, 9.17) is 4.74 Å². The number of amides is 2. The number of hydrogen-bond donors (Lipinski definition) is 0. The summed E-state index contributed by atoms with van der Waals surface area (Å²) in [6.45, 7) is 3.09. The molecule has 0 N–H and O–H groups in total. The molecule has 1 spiro atoms. The Morgan fingerprint density at radius 3 is 2.39 bits per heavy atom. The Kier molecular flexibility index (Phi) is 6.48. The Bertz CT molecular complexity index is 1230. The second-order valence-electron chi connectivity index (χ2n) is 9.68. The minimum Gasteiger partial charge on any atom is -0.440 e. The lowest BCUT2D eigenvalue weighted by Crippen LogP contribution is -2.58. The summed E-state index contributed by atoms with van der Waals surface area (Å²) in [6.07, 6.45) is 3.27. The van der Waals surface area contributed by atoms with Gasteiger partial charge in [0.15, 0.2) is 0 Å². The predicted octanol–water partition coefficient (Wildman–Crippen LogP) is 5.08. The van der Waals surface area contributed by atoms with Crippen molar-refractivity contribution in [1.82, 2.24) is 14.8 Å². The molecule has 2 amide bonds. The third kappa shape index (κ3) is 4.23. The second kappa shape index (κ2) is 9.72. The minimum absolute atomic E-state index is 0.0736. The molecular weight excluding hydrogens is 457 g/mol. The normalized spacial score (nSPS) is 21.0. The summed E-state index contributed by atoms with van der Waals surface area (Å²) in [5.74, 6) is -0.278. The number of aromatic nitrogens is 1. The van der Waals surface area contributed by atoms with E-state index in [-0.39, 0.29) is 18.3 Å². The number of nitrogens with zero attached hydrogens (tertiary/aromatic N) is 3. The van der Waals surface area contributed by atoms with Gasteiger partial charge >= 0.3 is 6.09 Å². The maximum atomic E-state index is 14.6. The van der Waals surface area contributed by atoms with Gasteiger partial charge in [0.05, 0.1) is 6.54 Å². The molecule has 6 nitrogen and oxygen atoms in total. The van der Waals surface area contributed by atoms with Crippen molar-refractivity contribution >= 4 is 12.0 Å². The largest absolute Gasteiger partial charge is 0.440 e. The van der Waals surface area contributed by atoms with Gasteiger partial charge in [-0.2, -0.15) is 0 Å². The van der Waals surface area contributed by atoms with Crippen LogP contribution in [0, 0.1) is 5.82 Å². The number of hydrogen-bond acceptors (Lipinski definition) is 4. The number of carbonyl (C=O) groups is 2. The van der Waals surface area contributed by atoms with Gasteiger partial charge in [0, 0.05) is 49.8 Å². The monoisotopic (exact) mass is 487 g/mol. The second-order valence-corrected chi connectivity index (χ2v) is 9.68. The summed E-state index contributed by atoms with van der Waals surface area (Å²) in [4.78, 5) is 34.1. The maximum absolute atomic E-state index is 14.6. The van der Waals surface area contributed by atoms with Gasteiger partial charge in [-0.15, -0.1) is 0 Å². The molecule has 1 unspecified atom stereocenters. The number of rotatable bonds is 6. The molecule has 2 saturated heterocycles. The van der Waals surface area contributed by atoms with E-state index in [0.29, 0.717) is 44.3 Å². The zero-order valence-electron chi connectivity index (χ0n) is 20.4. The van der Waals surface area contributed by atoms with E-state index in [1.165, 1.54) is 6.07 Å². The third-order valence-electron chi connectivity index (χ3n) is 7.80. The highest BCUT2D eigenvalue weighted by molar-refractivity contribution is 5.77. The molecule has 186 valence electrons. The predicted molar refractivity (Wildman–Crippen MR) is 133 cm³/mol. The molecule has 0 saturated carbocycles. The number of carbonyl (C=O) groups excluding carboxylic acids is 2. The molecule has 36 heavy (non-hydrogen) atoms. The Morgan fingerprint density at radius 1 is 1.00 bits per heavy atom. The fourth-order valence-electron chi connectivity index (χ4n) is 5.60. The van der Waals surface area contributed by atoms with Crippen molar-refractivity contribution in [2.24, 2.45) is 0 Å². The standard InChI is InChI=1S/C29H30FN3O3/c1-28(23-10-3-2-4-11-23)29(36-27(35)33(28)21-22-9-5-6-13-25(22)30)16-19-32(20-17-29)26(34)15-14-24-12-7-8-18-31-24/h2-13,18H,14-17,19-21H2,1H3. The Morgan fingerprint density at radius 2 is 1.69 bits per heavy atom. The zero-order valence-corrected chi connectivity index (χ0v) is 20.4. The van der Waals surface area contributed by atoms with Crippen LogP contribution < -0.4 is 0 Å². The van der Waals surface area contributed by atoms with Crippen molar-refractivity contribution in [3.05, 3.63) is 102 Å². The van der Waals surface area contributed by atoms with Crippen LogP contribution >= 0.6 is 0 Å². The van der Waals surface area contributed by atoms with Crippen LogP contribution in [-0.4, -0.2) is 45.5 Å². The number of halogens is 1. The van der Waals surface area contributed by atoms with Crippen molar-refractivity contribution < 1.29 is 18.7 Å². The first-order valence-electron chi connectivity index (χ1n) is 12.4. The number of aryl methyl sites for hydroxylation is 1. The van der Waals surface area contributed by atoms with Gasteiger partial charge in [0.2, 0.25) is 5.91 Å². The van der Waals surface area contributed by atoms with Crippen LogP contribution in [0.3, 0.4) is 0 Å². The number of pyridine rings is 1. The van der Waals surface area contributed by atoms with Gasteiger partial charge in [-0.25, -0.2) is 9.18 Å². The maximum Gasteiger partial charge on any atom is 0.411 e. The molecule has 7 heteroatoms. The van der Waals surface area contributed by atoms with E-state index in [1.54, 1.807) is 29.3 Å². The van der Waals surface area contributed by atoms with Crippen molar-refractivity contribution in [1.29, 1.82) is 0 Å². The van der Waals surface area contributed by atoms with E-state index < -0.39 is 17.2 Å². The van der Waals surface area contributed by atoms with Crippen LogP contribution in [-0.2, 0) is 28.0 Å². The summed E-state index contributed by atoms with van der Waals surface area (Å²) in [5, 5.41) is 0. The van der Waals surface area contributed by atoms with E-state index in [1.807, 2.05) is 60.4 Å². The van der Waals surface area contributed by atoms with Gasteiger partial charge in [0.25, 0.3) is 0 Å². The molecule has 0 bridgehead atoms. The molecule has 0 aliphatic carbocycles. The molecular formula is C29H30FN3O3. The molecule has 2 aromatic carbocycles. The molecule has 3 aromatic rings. The quantitative estimate of drug-likeness (QED) is 0.486. The number of piperidine rings is 1. The summed E-state index contributed by atoms with van der Waals surface area (Å²) < 4.78 is 20.7. The summed E-state index contributed by atoms with van der Waals surface area (Å²) in [7, 11) is 0. The Labute approximate surface area is 210 Å². The summed E-state index contributed by atoms with van der Waals surface area (Å²) in [5.41, 5.74) is 0.618. The molecule has 2 aliphatic heterocycles. The van der Waals surface area contributed by atoms with Crippen LogP contribution in [0.1, 0.15) is 43.0 Å². The van der Waals surface area contributed by atoms with Crippen LogP contribution in [0.5, 0.6) is 0 Å². The lowest BCUT2D eigenvalue weighted by Gasteiger charge is -2.48. The first-order valence-corrected chi connectivity index (χ1v) is 12.4. The number of ether oxygens (including phenoxy) is 1. The van der Waals surface area contributed by atoms with Crippen molar-refractivity contribution in [2.75, 3.05) is 13.1 Å². The fraction of sp³-hybridized carbons (Fsp3) is 0.345. The average molecular weight is 488 g/mol. The average Bonchev–Trinajstić information content (AvgIpc) is 3.11. The lowest BCUT2D eigenvalue weighted by molar-refractivity contribution is -0.137. The van der Waals surface area contributed by atoms with E-state index in [0.717, 1.165) is 11.3 Å². The first-order chi connectivity index (χ1) is 17.4. The third-order valence-corrected chi connectivity index (χ3v) is 7.80. The topological polar surface area (TPSA) is 62.7 Å². The van der Waals surface area contributed by atoms with Crippen molar-refractivity contribution in [2.45, 2.75) is 50.3 Å². The highest BCUT2D eigenvalue weighted by atomic mass is 19.1. The van der Waals surface area contributed by atoms with Crippen molar-refractivity contribution in [3.63, 3.8) is 0 Å². The first kappa shape index (κ1) is 24.0. The van der Waals surface area contributed by atoms with Crippen LogP contribution in [0.2, 0.25) is 0 Å². The SMILES string of the molecule is CC1(c2ccccc2)N(Cc2ccccc2F)C(=O)OC12CCN(C(=O)CCc1ccccn1)CC2. The van der Waals surface area contributed by atoms with Gasteiger partial charge < -0.3 is 9.64 Å².